The van der Waals surface area contributed by atoms with Gasteiger partial charge < -0.3 is 10.1 Å². The molecule has 1 heterocycles. The van der Waals surface area contributed by atoms with Gasteiger partial charge in [0.05, 0.1) is 29.8 Å². The van der Waals surface area contributed by atoms with E-state index in [0.29, 0.717) is 39.9 Å². The van der Waals surface area contributed by atoms with E-state index >= 15 is 0 Å². The zero-order chi connectivity index (χ0) is 20.1. The summed E-state index contributed by atoms with van der Waals surface area (Å²) >= 11 is 7.31. The number of hydrogen-bond acceptors (Lipinski definition) is 5. The largest absolute Gasteiger partial charge is 0.383 e. The Morgan fingerprint density at radius 1 is 1.25 bits per heavy atom. The number of para-hydroxylation sites is 1. The number of halogens is 1. The number of amides is 1. The Labute approximate surface area is 171 Å². The summed E-state index contributed by atoms with van der Waals surface area (Å²) in [5.41, 5.74) is 1.94. The third kappa shape index (κ3) is 4.55. The Morgan fingerprint density at radius 2 is 2.04 bits per heavy atom. The van der Waals surface area contributed by atoms with E-state index in [4.69, 9.17) is 16.3 Å². The highest BCUT2D eigenvalue weighted by atomic mass is 35.5. The quantitative estimate of drug-likeness (QED) is 0.468. The van der Waals surface area contributed by atoms with Crippen molar-refractivity contribution >= 4 is 45.9 Å². The number of thioether (sulfide) groups is 1. The number of methoxy groups -OCH3 is 1. The summed E-state index contributed by atoms with van der Waals surface area (Å²) in [5.74, 6) is -0.0833. The summed E-state index contributed by atoms with van der Waals surface area (Å²) in [6, 6.07) is 12.5. The van der Waals surface area contributed by atoms with E-state index in [1.807, 2.05) is 13.0 Å². The van der Waals surface area contributed by atoms with Gasteiger partial charge in [-0.1, -0.05) is 41.6 Å². The van der Waals surface area contributed by atoms with Crippen molar-refractivity contribution in [2.75, 3.05) is 24.8 Å². The van der Waals surface area contributed by atoms with Crippen LogP contribution >= 0.6 is 23.4 Å². The average molecular weight is 418 g/mol. The van der Waals surface area contributed by atoms with Gasteiger partial charge in [0.2, 0.25) is 5.91 Å². The number of ether oxygens (including phenoxy) is 1. The summed E-state index contributed by atoms with van der Waals surface area (Å²) < 4.78 is 6.66. The van der Waals surface area contributed by atoms with Crippen molar-refractivity contribution in [1.82, 2.24) is 9.55 Å². The predicted molar refractivity (Wildman–Crippen MR) is 113 cm³/mol. The number of benzene rings is 2. The lowest BCUT2D eigenvalue weighted by molar-refractivity contribution is -0.113. The normalized spacial score (nSPS) is 11.0. The molecular formula is C20H20ClN3O3S. The molecule has 0 radical (unpaired) electrons. The zero-order valence-corrected chi connectivity index (χ0v) is 17.1. The van der Waals surface area contributed by atoms with Crippen LogP contribution in [0, 0.1) is 6.92 Å². The smallest absolute Gasteiger partial charge is 0.262 e. The first-order valence-corrected chi connectivity index (χ1v) is 10.0. The van der Waals surface area contributed by atoms with Gasteiger partial charge in [-0.15, -0.1) is 0 Å². The number of anilines is 1. The Bertz CT molecular complexity index is 1070. The highest BCUT2D eigenvalue weighted by Crippen LogP contribution is 2.24. The topological polar surface area (TPSA) is 73.2 Å². The Kier molecular flexibility index (Phi) is 6.72. The number of carbonyl (C=O) groups is 1. The SMILES string of the molecule is COCCn1c(SCC(=O)Nc2cccc(Cl)c2C)nc2ccccc2c1=O. The Hall–Kier alpha value is -2.35. The molecule has 3 aromatic rings. The van der Waals surface area contributed by atoms with Crippen molar-refractivity contribution in [3.05, 3.63) is 63.4 Å². The number of rotatable bonds is 7. The molecule has 1 amide bonds. The molecule has 1 aromatic heterocycles. The molecule has 3 rings (SSSR count). The Balaban J connectivity index is 1.81. The van der Waals surface area contributed by atoms with E-state index in [9.17, 15) is 9.59 Å². The van der Waals surface area contributed by atoms with Gasteiger partial charge in [0.15, 0.2) is 5.16 Å². The maximum atomic E-state index is 12.8. The minimum Gasteiger partial charge on any atom is -0.383 e. The predicted octanol–water partition coefficient (Wildman–Crippen LogP) is 3.74. The van der Waals surface area contributed by atoms with Crippen LogP contribution in [0.5, 0.6) is 0 Å². The maximum Gasteiger partial charge on any atom is 0.262 e. The monoisotopic (exact) mass is 417 g/mol. The second kappa shape index (κ2) is 9.23. The number of nitrogens with zero attached hydrogens (tertiary/aromatic N) is 2. The molecule has 146 valence electrons. The van der Waals surface area contributed by atoms with Crippen molar-refractivity contribution in [1.29, 1.82) is 0 Å². The fourth-order valence-electron chi connectivity index (χ4n) is 2.70. The van der Waals surface area contributed by atoms with Crippen LogP contribution in [-0.2, 0) is 16.1 Å². The summed E-state index contributed by atoms with van der Waals surface area (Å²) in [4.78, 5) is 29.8. The lowest BCUT2D eigenvalue weighted by atomic mass is 10.2. The van der Waals surface area contributed by atoms with Crippen molar-refractivity contribution in [3.63, 3.8) is 0 Å². The molecular weight excluding hydrogens is 398 g/mol. The van der Waals surface area contributed by atoms with Crippen LogP contribution in [0.1, 0.15) is 5.56 Å². The Morgan fingerprint density at radius 3 is 2.82 bits per heavy atom. The van der Waals surface area contributed by atoms with Crippen molar-refractivity contribution in [3.8, 4) is 0 Å². The molecule has 6 nitrogen and oxygen atoms in total. The van der Waals surface area contributed by atoms with Crippen LogP contribution in [0.25, 0.3) is 10.9 Å². The van der Waals surface area contributed by atoms with E-state index in [1.54, 1.807) is 48.1 Å². The molecule has 0 bridgehead atoms. The average Bonchev–Trinajstić information content (AvgIpc) is 2.69. The minimum atomic E-state index is -0.198. The lowest BCUT2D eigenvalue weighted by Gasteiger charge is -2.13. The second-order valence-electron chi connectivity index (χ2n) is 6.11. The highest BCUT2D eigenvalue weighted by Gasteiger charge is 2.14. The van der Waals surface area contributed by atoms with Gasteiger partial charge in [-0.2, -0.15) is 0 Å². The van der Waals surface area contributed by atoms with Gasteiger partial charge >= 0.3 is 0 Å². The molecule has 8 heteroatoms. The molecule has 0 aliphatic heterocycles. The molecule has 0 atom stereocenters. The van der Waals surface area contributed by atoms with Crippen LogP contribution in [0.4, 0.5) is 5.69 Å². The summed E-state index contributed by atoms with van der Waals surface area (Å²) in [5, 5.41) is 4.47. The molecule has 0 unspecified atom stereocenters. The van der Waals surface area contributed by atoms with Crippen LogP contribution < -0.4 is 10.9 Å². The molecule has 0 aliphatic carbocycles. The molecule has 0 fully saturated rings. The van der Waals surface area contributed by atoms with Crippen LogP contribution in [-0.4, -0.2) is 34.9 Å². The van der Waals surface area contributed by atoms with Gasteiger partial charge in [0.25, 0.3) is 5.56 Å². The van der Waals surface area contributed by atoms with E-state index in [0.717, 1.165) is 5.56 Å². The number of aromatic nitrogens is 2. The van der Waals surface area contributed by atoms with Gasteiger partial charge in [-0.25, -0.2) is 4.98 Å². The molecule has 0 spiro atoms. The molecule has 0 aliphatic rings. The standard InChI is InChI=1S/C20H20ClN3O3S/c1-13-15(21)7-5-9-16(13)22-18(25)12-28-20-23-17-8-4-3-6-14(17)19(26)24(20)10-11-27-2/h3-9H,10-12H2,1-2H3,(H,22,25). The number of fused-ring (bicyclic) bond motifs is 1. The maximum absolute atomic E-state index is 12.8. The van der Waals surface area contributed by atoms with Crippen LogP contribution in [0.3, 0.4) is 0 Å². The molecule has 28 heavy (non-hydrogen) atoms. The fourth-order valence-corrected chi connectivity index (χ4v) is 3.70. The molecule has 1 N–H and O–H groups in total. The van der Waals surface area contributed by atoms with E-state index < -0.39 is 0 Å². The van der Waals surface area contributed by atoms with Crippen molar-refractivity contribution < 1.29 is 9.53 Å². The second-order valence-corrected chi connectivity index (χ2v) is 7.46. The first-order chi connectivity index (χ1) is 13.5. The number of carbonyl (C=O) groups excluding carboxylic acids is 1. The summed E-state index contributed by atoms with van der Waals surface area (Å²) in [6.07, 6.45) is 0. The van der Waals surface area contributed by atoms with Gasteiger partial charge in [-0.3, -0.25) is 14.2 Å². The number of hydrogen-bond donors (Lipinski definition) is 1. The van der Waals surface area contributed by atoms with E-state index in [2.05, 4.69) is 10.3 Å². The number of nitrogens with one attached hydrogen (secondary N) is 1. The summed E-state index contributed by atoms with van der Waals surface area (Å²) in [6.45, 7) is 2.59. The van der Waals surface area contributed by atoms with Gasteiger partial charge in [0, 0.05) is 17.8 Å². The first kappa shape index (κ1) is 20.4. The highest BCUT2D eigenvalue weighted by molar-refractivity contribution is 7.99. The molecule has 0 saturated heterocycles. The van der Waals surface area contributed by atoms with Gasteiger partial charge in [-0.05, 0) is 36.8 Å². The van der Waals surface area contributed by atoms with Gasteiger partial charge in [0.1, 0.15) is 0 Å². The van der Waals surface area contributed by atoms with Crippen LogP contribution in [0.15, 0.2) is 52.4 Å². The fraction of sp³-hybridized carbons (Fsp3) is 0.250. The first-order valence-electron chi connectivity index (χ1n) is 8.67. The van der Waals surface area contributed by atoms with E-state index in [1.165, 1.54) is 11.8 Å². The van der Waals surface area contributed by atoms with Crippen LogP contribution in [0.2, 0.25) is 5.02 Å². The zero-order valence-electron chi connectivity index (χ0n) is 15.6. The van der Waals surface area contributed by atoms with Crippen molar-refractivity contribution in [2.24, 2.45) is 0 Å². The molecule has 2 aromatic carbocycles. The lowest BCUT2D eigenvalue weighted by Crippen LogP contribution is -2.26. The minimum absolute atomic E-state index is 0.115. The van der Waals surface area contributed by atoms with E-state index in [-0.39, 0.29) is 17.2 Å². The third-order valence-corrected chi connectivity index (χ3v) is 5.61. The third-order valence-electron chi connectivity index (χ3n) is 4.22. The molecule has 0 saturated carbocycles. The summed E-state index contributed by atoms with van der Waals surface area (Å²) in [7, 11) is 1.58. The van der Waals surface area contributed by atoms with Crippen molar-refractivity contribution in [2.45, 2.75) is 18.6 Å².